The molecular formula is C32H34FNO3. The topological polar surface area (TPSA) is 57.6 Å². The van der Waals surface area contributed by atoms with E-state index in [1.54, 1.807) is 0 Å². The first kappa shape index (κ1) is 27.7. The zero-order chi connectivity index (χ0) is 27.0. The Hall–Kier alpha value is -3.91. The van der Waals surface area contributed by atoms with Crippen LogP contribution in [-0.4, -0.2) is 17.0 Å². The lowest BCUT2D eigenvalue weighted by Crippen LogP contribution is -2.33. The van der Waals surface area contributed by atoms with Crippen molar-refractivity contribution in [2.24, 2.45) is 5.41 Å². The van der Waals surface area contributed by atoms with Gasteiger partial charge in [-0.05, 0) is 71.8 Å². The van der Waals surface area contributed by atoms with Crippen molar-refractivity contribution in [1.82, 2.24) is 0 Å². The van der Waals surface area contributed by atoms with Gasteiger partial charge in [-0.1, -0.05) is 70.2 Å². The van der Waals surface area contributed by atoms with Gasteiger partial charge in [0.2, 0.25) is 5.91 Å². The summed E-state index contributed by atoms with van der Waals surface area (Å²) in [6.07, 6.45) is 3.69. The van der Waals surface area contributed by atoms with E-state index in [0.717, 1.165) is 29.2 Å². The van der Waals surface area contributed by atoms with Crippen molar-refractivity contribution in [1.29, 1.82) is 0 Å². The number of amides is 1. The summed E-state index contributed by atoms with van der Waals surface area (Å²) in [5, 5.41) is 9.34. The minimum atomic E-state index is -1.37. The highest BCUT2D eigenvalue weighted by atomic mass is 19.1. The van der Waals surface area contributed by atoms with Crippen LogP contribution in [-0.2, 0) is 17.8 Å². The van der Waals surface area contributed by atoms with Gasteiger partial charge in [-0.3, -0.25) is 4.79 Å². The van der Waals surface area contributed by atoms with Crippen molar-refractivity contribution in [2.75, 3.05) is 4.90 Å². The molecule has 0 bridgehead atoms. The Labute approximate surface area is 219 Å². The molecule has 0 atom stereocenters. The van der Waals surface area contributed by atoms with Crippen LogP contribution in [0, 0.1) is 23.1 Å². The second kappa shape index (κ2) is 12.4. The van der Waals surface area contributed by atoms with Crippen LogP contribution in [0.4, 0.5) is 10.1 Å². The lowest BCUT2D eigenvalue weighted by atomic mass is 9.91. The molecule has 3 aromatic rings. The van der Waals surface area contributed by atoms with Gasteiger partial charge in [0.1, 0.15) is 5.82 Å². The summed E-state index contributed by atoms with van der Waals surface area (Å²) in [4.78, 5) is 26.2. The van der Waals surface area contributed by atoms with E-state index in [1.807, 2.05) is 57.2 Å². The van der Waals surface area contributed by atoms with Gasteiger partial charge in [-0.15, -0.1) is 0 Å². The molecule has 0 heterocycles. The third kappa shape index (κ3) is 8.32. The second-order valence-electron chi connectivity index (χ2n) is 10.4. The average molecular weight is 500 g/mol. The summed E-state index contributed by atoms with van der Waals surface area (Å²) in [5.41, 5.74) is 3.59. The van der Waals surface area contributed by atoms with Gasteiger partial charge in [-0.2, -0.15) is 0 Å². The number of anilines is 1. The number of aryl methyl sites for hydroxylation is 1. The molecule has 0 radical (unpaired) electrons. The van der Waals surface area contributed by atoms with Gasteiger partial charge in [0.15, 0.2) is 0 Å². The van der Waals surface area contributed by atoms with Crippen LogP contribution in [0.5, 0.6) is 0 Å². The van der Waals surface area contributed by atoms with Gasteiger partial charge in [-0.25, -0.2) is 9.18 Å². The summed E-state index contributed by atoms with van der Waals surface area (Å²) >= 11 is 0. The van der Waals surface area contributed by atoms with E-state index in [1.165, 1.54) is 35.4 Å². The molecule has 0 aliphatic carbocycles. The molecule has 0 saturated carbocycles. The second-order valence-corrected chi connectivity index (χ2v) is 10.4. The monoisotopic (exact) mass is 499 g/mol. The third-order valence-corrected chi connectivity index (χ3v) is 5.89. The molecule has 1 N–H and O–H groups in total. The molecule has 5 heteroatoms. The van der Waals surface area contributed by atoms with Crippen LogP contribution in [0.2, 0.25) is 0 Å². The molecule has 4 nitrogen and oxygen atoms in total. The van der Waals surface area contributed by atoms with Crippen LogP contribution in [0.25, 0.3) is 0 Å². The minimum Gasteiger partial charge on any atom is -0.478 e. The number of carboxylic acids is 1. The summed E-state index contributed by atoms with van der Waals surface area (Å²) in [6.45, 7) is 8.30. The van der Waals surface area contributed by atoms with Crippen LogP contribution >= 0.6 is 0 Å². The van der Waals surface area contributed by atoms with E-state index in [9.17, 15) is 19.1 Å². The van der Waals surface area contributed by atoms with Crippen molar-refractivity contribution in [3.63, 3.8) is 0 Å². The SMILES string of the molecule is CCCCc1ccc(C#Cc2ccc(CN(C(=O)CC(C)(C)C)c3ccc(F)c(C(=O)O)c3)cc2)cc1. The van der Waals surface area contributed by atoms with Gasteiger partial charge in [0, 0.05) is 23.2 Å². The van der Waals surface area contributed by atoms with E-state index in [4.69, 9.17) is 0 Å². The largest absolute Gasteiger partial charge is 0.478 e. The fraction of sp³-hybridized carbons (Fsp3) is 0.312. The molecule has 0 aliphatic heterocycles. The molecule has 37 heavy (non-hydrogen) atoms. The van der Waals surface area contributed by atoms with Crippen molar-refractivity contribution < 1.29 is 19.1 Å². The Balaban J connectivity index is 1.80. The van der Waals surface area contributed by atoms with Gasteiger partial charge >= 0.3 is 5.97 Å². The highest BCUT2D eigenvalue weighted by Crippen LogP contribution is 2.26. The maximum atomic E-state index is 14.0. The number of carbonyl (C=O) groups is 2. The zero-order valence-electron chi connectivity index (χ0n) is 22.0. The molecular weight excluding hydrogens is 465 g/mol. The van der Waals surface area contributed by atoms with E-state index < -0.39 is 17.3 Å². The fourth-order valence-corrected chi connectivity index (χ4v) is 3.87. The van der Waals surface area contributed by atoms with Gasteiger partial charge in [0.25, 0.3) is 0 Å². The highest BCUT2D eigenvalue weighted by Gasteiger charge is 2.24. The molecule has 0 spiro atoms. The first-order valence-corrected chi connectivity index (χ1v) is 12.6. The summed E-state index contributed by atoms with van der Waals surface area (Å²) < 4.78 is 14.0. The van der Waals surface area contributed by atoms with Crippen LogP contribution in [0.15, 0.2) is 66.7 Å². The summed E-state index contributed by atoms with van der Waals surface area (Å²) in [5.74, 6) is 3.99. The molecule has 0 saturated heterocycles. The number of hydrogen-bond acceptors (Lipinski definition) is 2. The van der Waals surface area contributed by atoms with E-state index in [2.05, 4.69) is 30.9 Å². The first-order chi connectivity index (χ1) is 17.6. The summed E-state index contributed by atoms with van der Waals surface area (Å²) in [7, 11) is 0. The van der Waals surface area contributed by atoms with E-state index in [0.29, 0.717) is 5.69 Å². The zero-order valence-corrected chi connectivity index (χ0v) is 22.0. The minimum absolute atomic E-state index is 0.165. The highest BCUT2D eigenvalue weighted by molar-refractivity contribution is 5.96. The van der Waals surface area contributed by atoms with Crippen molar-refractivity contribution in [3.8, 4) is 11.8 Å². The number of carboxylic acid groups (broad SMARTS) is 1. The Morgan fingerprint density at radius 1 is 0.892 bits per heavy atom. The standard InChI is InChI=1S/C32H34FNO3/c1-5-6-7-23-8-10-24(11-9-23)12-13-25-14-16-26(17-15-25)22-34(30(35)21-32(2,3)4)27-18-19-29(33)28(20-27)31(36)37/h8-11,14-20H,5-7,21-22H2,1-4H3,(H,36,37). The molecule has 1 amide bonds. The number of halogens is 1. The number of benzene rings is 3. The number of rotatable bonds is 8. The Bertz CT molecular complexity index is 1290. The van der Waals surface area contributed by atoms with Crippen molar-refractivity contribution in [3.05, 3.63) is 100 Å². The maximum absolute atomic E-state index is 14.0. The predicted octanol–water partition coefficient (Wildman–Crippen LogP) is 7.24. The third-order valence-electron chi connectivity index (χ3n) is 5.89. The van der Waals surface area contributed by atoms with Crippen molar-refractivity contribution >= 4 is 17.6 Å². The maximum Gasteiger partial charge on any atom is 0.338 e. The molecule has 0 fully saturated rings. The smallest absolute Gasteiger partial charge is 0.338 e. The fourth-order valence-electron chi connectivity index (χ4n) is 3.87. The van der Waals surface area contributed by atoms with Gasteiger partial charge < -0.3 is 10.0 Å². The molecule has 3 rings (SSSR count). The lowest BCUT2D eigenvalue weighted by Gasteiger charge is -2.27. The van der Waals surface area contributed by atoms with Gasteiger partial charge in [0.05, 0.1) is 12.1 Å². The molecule has 3 aromatic carbocycles. The Kier molecular flexibility index (Phi) is 9.25. The number of carbonyl (C=O) groups excluding carboxylic acids is 1. The number of unbranched alkanes of at least 4 members (excludes halogenated alkanes) is 1. The van der Waals surface area contributed by atoms with E-state index >= 15 is 0 Å². The van der Waals surface area contributed by atoms with Crippen LogP contribution < -0.4 is 4.90 Å². The summed E-state index contributed by atoms with van der Waals surface area (Å²) in [6, 6.07) is 19.7. The first-order valence-electron chi connectivity index (χ1n) is 12.6. The molecule has 0 unspecified atom stereocenters. The normalized spacial score (nSPS) is 10.9. The number of aromatic carboxylic acids is 1. The predicted molar refractivity (Wildman–Crippen MR) is 146 cm³/mol. The Morgan fingerprint density at radius 2 is 1.46 bits per heavy atom. The average Bonchev–Trinajstić information content (AvgIpc) is 2.85. The lowest BCUT2D eigenvalue weighted by molar-refractivity contribution is -0.120. The molecule has 0 aliphatic rings. The Morgan fingerprint density at radius 3 is 1.97 bits per heavy atom. The molecule has 0 aromatic heterocycles. The van der Waals surface area contributed by atoms with Crippen molar-refractivity contribution in [2.45, 2.75) is 59.9 Å². The van der Waals surface area contributed by atoms with E-state index in [-0.39, 0.29) is 24.3 Å². The number of hydrogen-bond donors (Lipinski definition) is 1. The molecule has 192 valence electrons. The number of nitrogens with zero attached hydrogens (tertiary/aromatic N) is 1. The van der Waals surface area contributed by atoms with Crippen LogP contribution in [0.3, 0.4) is 0 Å². The quantitative estimate of drug-likeness (QED) is 0.333. The van der Waals surface area contributed by atoms with Crippen LogP contribution in [0.1, 0.15) is 79.6 Å².